The summed E-state index contributed by atoms with van der Waals surface area (Å²) in [5, 5.41) is 3.41. The minimum atomic E-state index is 0.754. The first kappa shape index (κ1) is 11.5. The minimum Gasteiger partial charge on any atom is -0.367 e. The Balaban J connectivity index is 1.59. The molecular formula is C13H18BrN3. The first-order chi connectivity index (χ1) is 8.34. The molecule has 2 aliphatic rings. The number of para-hydroxylation sites is 1. The predicted molar refractivity (Wildman–Crippen MR) is 74.6 cm³/mol. The molecule has 2 heterocycles. The zero-order chi connectivity index (χ0) is 11.7. The molecule has 4 heteroatoms. The van der Waals surface area contributed by atoms with Crippen molar-refractivity contribution in [2.75, 3.05) is 44.2 Å². The van der Waals surface area contributed by atoms with Gasteiger partial charge >= 0.3 is 0 Å². The molecule has 1 aromatic carbocycles. The Morgan fingerprint density at radius 2 is 1.82 bits per heavy atom. The van der Waals surface area contributed by atoms with Crippen LogP contribution in [-0.2, 0) is 0 Å². The van der Waals surface area contributed by atoms with Gasteiger partial charge in [0.05, 0.1) is 5.69 Å². The van der Waals surface area contributed by atoms with E-state index in [0.29, 0.717) is 0 Å². The first-order valence-corrected chi connectivity index (χ1v) is 7.08. The van der Waals surface area contributed by atoms with Crippen molar-refractivity contribution < 1.29 is 0 Å². The molecule has 0 aliphatic carbocycles. The molecule has 0 amide bonds. The standard InChI is InChI=1S/C13H18BrN3/c14-12-3-1-2-4-13(12)17-9-11(10-17)16-7-5-15-6-8-16/h1-4,11,15H,5-10H2. The summed E-state index contributed by atoms with van der Waals surface area (Å²) in [5.41, 5.74) is 1.33. The fourth-order valence-corrected chi connectivity index (χ4v) is 3.17. The van der Waals surface area contributed by atoms with E-state index in [1.807, 2.05) is 0 Å². The van der Waals surface area contributed by atoms with Crippen LogP contribution in [0, 0.1) is 0 Å². The number of anilines is 1. The first-order valence-electron chi connectivity index (χ1n) is 6.29. The molecule has 2 aliphatic heterocycles. The van der Waals surface area contributed by atoms with Gasteiger partial charge in [0.1, 0.15) is 0 Å². The maximum Gasteiger partial charge on any atom is 0.0511 e. The van der Waals surface area contributed by atoms with E-state index in [0.717, 1.165) is 19.1 Å². The van der Waals surface area contributed by atoms with Crippen molar-refractivity contribution in [2.45, 2.75) is 6.04 Å². The van der Waals surface area contributed by atoms with Crippen LogP contribution in [0.3, 0.4) is 0 Å². The molecule has 0 radical (unpaired) electrons. The van der Waals surface area contributed by atoms with Gasteiger partial charge in [-0.05, 0) is 28.1 Å². The second kappa shape index (κ2) is 4.96. The molecule has 0 saturated carbocycles. The van der Waals surface area contributed by atoms with E-state index < -0.39 is 0 Å². The molecule has 3 rings (SSSR count). The Morgan fingerprint density at radius 1 is 1.12 bits per heavy atom. The van der Waals surface area contributed by atoms with E-state index in [4.69, 9.17) is 0 Å². The van der Waals surface area contributed by atoms with Gasteiger partial charge in [-0.1, -0.05) is 12.1 Å². The van der Waals surface area contributed by atoms with E-state index in [-0.39, 0.29) is 0 Å². The molecule has 1 aromatic rings. The van der Waals surface area contributed by atoms with Gasteiger partial charge in [-0.3, -0.25) is 4.90 Å². The van der Waals surface area contributed by atoms with Gasteiger partial charge in [-0.15, -0.1) is 0 Å². The van der Waals surface area contributed by atoms with Crippen molar-refractivity contribution in [3.8, 4) is 0 Å². The van der Waals surface area contributed by atoms with Crippen LogP contribution < -0.4 is 10.2 Å². The Bertz CT molecular complexity index is 384. The summed E-state index contributed by atoms with van der Waals surface area (Å²) in [6.45, 7) is 7.03. The summed E-state index contributed by atoms with van der Waals surface area (Å²) in [6, 6.07) is 9.24. The lowest BCUT2D eigenvalue weighted by molar-refractivity contribution is 0.147. The van der Waals surface area contributed by atoms with Crippen LogP contribution in [0.15, 0.2) is 28.7 Å². The van der Waals surface area contributed by atoms with Crippen LogP contribution in [0.5, 0.6) is 0 Å². The SMILES string of the molecule is Brc1ccccc1N1CC(N2CCNCC2)C1. The second-order valence-corrected chi connectivity index (χ2v) is 5.65. The van der Waals surface area contributed by atoms with E-state index >= 15 is 0 Å². The van der Waals surface area contributed by atoms with Gasteiger partial charge in [0.25, 0.3) is 0 Å². The van der Waals surface area contributed by atoms with Crippen molar-refractivity contribution >= 4 is 21.6 Å². The number of nitrogens with zero attached hydrogens (tertiary/aromatic N) is 2. The number of hydrogen-bond acceptors (Lipinski definition) is 3. The van der Waals surface area contributed by atoms with Crippen molar-refractivity contribution in [1.82, 2.24) is 10.2 Å². The summed E-state index contributed by atoms with van der Waals surface area (Å²) < 4.78 is 1.21. The number of halogens is 1. The average Bonchev–Trinajstić information content (AvgIpc) is 2.31. The Labute approximate surface area is 111 Å². The number of piperazine rings is 1. The molecule has 1 N–H and O–H groups in total. The smallest absolute Gasteiger partial charge is 0.0511 e. The van der Waals surface area contributed by atoms with Gasteiger partial charge in [-0.2, -0.15) is 0 Å². The molecule has 0 spiro atoms. The molecular weight excluding hydrogens is 278 g/mol. The van der Waals surface area contributed by atoms with Gasteiger partial charge in [0.2, 0.25) is 0 Å². The molecule has 0 bridgehead atoms. The molecule has 92 valence electrons. The number of hydrogen-bond donors (Lipinski definition) is 1. The minimum absolute atomic E-state index is 0.754. The second-order valence-electron chi connectivity index (χ2n) is 4.80. The van der Waals surface area contributed by atoms with Crippen molar-refractivity contribution in [1.29, 1.82) is 0 Å². The maximum absolute atomic E-state index is 3.62. The van der Waals surface area contributed by atoms with E-state index in [1.165, 1.54) is 36.3 Å². The summed E-state index contributed by atoms with van der Waals surface area (Å²) in [5.74, 6) is 0. The van der Waals surface area contributed by atoms with Crippen molar-refractivity contribution in [2.24, 2.45) is 0 Å². The lowest BCUT2D eigenvalue weighted by Crippen LogP contribution is -2.62. The molecule has 0 unspecified atom stereocenters. The Morgan fingerprint density at radius 3 is 2.53 bits per heavy atom. The van der Waals surface area contributed by atoms with Crippen LogP contribution in [-0.4, -0.2) is 50.2 Å². The van der Waals surface area contributed by atoms with Crippen molar-refractivity contribution in [3.63, 3.8) is 0 Å². The third kappa shape index (κ3) is 2.34. The molecule has 3 nitrogen and oxygen atoms in total. The molecule has 0 atom stereocenters. The van der Waals surface area contributed by atoms with E-state index in [2.05, 4.69) is 55.3 Å². The Kier molecular flexibility index (Phi) is 3.36. The van der Waals surface area contributed by atoms with Crippen LogP contribution in [0.1, 0.15) is 0 Å². The van der Waals surface area contributed by atoms with E-state index in [9.17, 15) is 0 Å². The summed E-state index contributed by atoms with van der Waals surface area (Å²) in [4.78, 5) is 5.07. The van der Waals surface area contributed by atoms with Gasteiger partial charge < -0.3 is 10.2 Å². The highest BCUT2D eigenvalue weighted by molar-refractivity contribution is 9.10. The van der Waals surface area contributed by atoms with Crippen LogP contribution in [0.2, 0.25) is 0 Å². The summed E-state index contributed by atoms with van der Waals surface area (Å²) >= 11 is 3.62. The average molecular weight is 296 g/mol. The lowest BCUT2D eigenvalue weighted by Gasteiger charge is -2.48. The molecule has 2 saturated heterocycles. The lowest BCUT2D eigenvalue weighted by atomic mass is 10.0. The quantitative estimate of drug-likeness (QED) is 0.893. The normalized spacial score (nSPS) is 22.5. The summed E-state index contributed by atoms with van der Waals surface area (Å²) in [6.07, 6.45) is 0. The van der Waals surface area contributed by atoms with Gasteiger partial charge in [0, 0.05) is 49.8 Å². The van der Waals surface area contributed by atoms with Crippen molar-refractivity contribution in [3.05, 3.63) is 28.7 Å². The monoisotopic (exact) mass is 295 g/mol. The van der Waals surface area contributed by atoms with Crippen LogP contribution in [0.25, 0.3) is 0 Å². The van der Waals surface area contributed by atoms with E-state index in [1.54, 1.807) is 0 Å². The predicted octanol–water partition coefficient (Wildman–Crippen LogP) is 1.54. The molecule has 17 heavy (non-hydrogen) atoms. The molecule has 0 aromatic heterocycles. The third-order valence-electron chi connectivity index (χ3n) is 3.72. The number of nitrogens with one attached hydrogen (secondary N) is 1. The zero-order valence-electron chi connectivity index (χ0n) is 9.90. The molecule has 2 fully saturated rings. The number of rotatable bonds is 2. The zero-order valence-corrected chi connectivity index (χ0v) is 11.5. The summed E-state index contributed by atoms with van der Waals surface area (Å²) in [7, 11) is 0. The Hall–Kier alpha value is -0.580. The largest absolute Gasteiger partial charge is 0.367 e. The van der Waals surface area contributed by atoms with Crippen LogP contribution in [0.4, 0.5) is 5.69 Å². The number of benzene rings is 1. The topological polar surface area (TPSA) is 18.5 Å². The van der Waals surface area contributed by atoms with Gasteiger partial charge in [0.15, 0.2) is 0 Å². The highest BCUT2D eigenvalue weighted by Crippen LogP contribution is 2.30. The highest BCUT2D eigenvalue weighted by Gasteiger charge is 2.32. The fraction of sp³-hybridized carbons (Fsp3) is 0.538. The third-order valence-corrected chi connectivity index (χ3v) is 4.39. The van der Waals surface area contributed by atoms with Gasteiger partial charge in [-0.25, -0.2) is 0 Å². The maximum atomic E-state index is 3.62. The van der Waals surface area contributed by atoms with Crippen LogP contribution >= 0.6 is 15.9 Å². The fourth-order valence-electron chi connectivity index (χ4n) is 2.64. The highest BCUT2D eigenvalue weighted by atomic mass is 79.9.